The minimum Gasteiger partial charge on any atom is -0.356 e. The number of nitrogens with one attached hydrogen (secondary N) is 2. The zero-order valence-electron chi connectivity index (χ0n) is 12.6. The summed E-state index contributed by atoms with van der Waals surface area (Å²) >= 11 is 0. The fourth-order valence-corrected chi connectivity index (χ4v) is 1.76. The van der Waals surface area contributed by atoms with Gasteiger partial charge in [0.1, 0.15) is 5.82 Å². The first-order valence-electron chi connectivity index (χ1n) is 7.30. The molecule has 4 nitrogen and oxygen atoms in total. The van der Waals surface area contributed by atoms with Crippen LogP contribution in [-0.4, -0.2) is 24.9 Å². The first-order valence-corrected chi connectivity index (χ1v) is 7.30. The van der Waals surface area contributed by atoms with Gasteiger partial charge in [-0.2, -0.15) is 0 Å². The van der Waals surface area contributed by atoms with Crippen molar-refractivity contribution in [1.29, 1.82) is 0 Å². The molecule has 21 heavy (non-hydrogen) atoms. The standard InChI is InChI=1S/C16H23FN2O2/c1-12(2)11-19-15(20)9-5-6-10-18-16(21)13-7-3-4-8-14(13)17/h3-4,7-8,12H,5-6,9-11H2,1-2H3,(H,18,21)(H,19,20). The first-order chi connectivity index (χ1) is 10.0. The van der Waals surface area contributed by atoms with Crippen LogP contribution in [0.15, 0.2) is 24.3 Å². The van der Waals surface area contributed by atoms with Gasteiger partial charge in [0, 0.05) is 19.5 Å². The van der Waals surface area contributed by atoms with E-state index in [1.807, 2.05) is 13.8 Å². The van der Waals surface area contributed by atoms with Gasteiger partial charge in [-0.15, -0.1) is 0 Å². The first kappa shape index (κ1) is 17.1. The smallest absolute Gasteiger partial charge is 0.254 e. The molecule has 0 aromatic heterocycles. The van der Waals surface area contributed by atoms with E-state index in [2.05, 4.69) is 10.6 Å². The molecule has 0 aliphatic heterocycles. The van der Waals surface area contributed by atoms with Crippen LogP contribution >= 0.6 is 0 Å². The minimum absolute atomic E-state index is 0.0316. The fraction of sp³-hybridized carbons (Fsp3) is 0.500. The summed E-state index contributed by atoms with van der Waals surface area (Å²) in [6, 6.07) is 5.87. The van der Waals surface area contributed by atoms with Gasteiger partial charge in [-0.3, -0.25) is 9.59 Å². The molecule has 5 heteroatoms. The van der Waals surface area contributed by atoms with Crippen molar-refractivity contribution >= 4 is 11.8 Å². The Hall–Kier alpha value is -1.91. The summed E-state index contributed by atoms with van der Waals surface area (Å²) in [5, 5.41) is 5.49. The molecule has 0 aliphatic rings. The highest BCUT2D eigenvalue weighted by atomic mass is 19.1. The average Bonchev–Trinajstić information content (AvgIpc) is 2.45. The zero-order valence-corrected chi connectivity index (χ0v) is 12.6. The van der Waals surface area contributed by atoms with Crippen LogP contribution in [0.1, 0.15) is 43.5 Å². The summed E-state index contributed by atoms with van der Waals surface area (Å²) in [5.74, 6) is -0.474. The molecule has 1 aromatic rings. The number of hydrogen-bond acceptors (Lipinski definition) is 2. The third-order valence-electron chi connectivity index (χ3n) is 2.94. The highest BCUT2D eigenvalue weighted by molar-refractivity contribution is 5.94. The van der Waals surface area contributed by atoms with E-state index in [0.29, 0.717) is 38.3 Å². The van der Waals surface area contributed by atoms with Crippen molar-refractivity contribution in [3.05, 3.63) is 35.6 Å². The van der Waals surface area contributed by atoms with Crippen LogP contribution in [-0.2, 0) is 4.79 Å². The predicted molar refractivity (Wildman–Crippen MR) is 80.4 cm³/mol. The summed E-state index contributed by atoms with van der Waals surface area (Å²) in [7, 11) is 0. The van der Waals surface area contributed by atoms with E-state index < -0.39 is 11.7 Å². The molecule has 0 spiro atoms. The van der Waals surface area contributed by atoms with Crippen molar-refractivity contribution in [2.24, 2.45) is 5.92 Å². The number of benzene rings is 1. The maximum Gasteiger partial charge on any atom is 0.254 e. The molecule has 2 N–H and O–H groups in total. The van der Waals surface area contributed by atoms with Gasteiger partial charge in [-0.05, 0) is 30.9 Å². The van der Waals surface area contributed by atoms with Crippen LogP contribution in [0.2, 0.25) is 0 Å². The Morgan fingerprint density at radius 1 is 1.14 bits per heavy atom. The topological polar surface area (TPSA) is 58.2 Å². The molecule has 116 valence electrons. The van der Waals surface area contributed by atoms with Crippen molar-refractivity contribution in [3.8, 4) is 0 Å². The number of carbonyl (C=O) groups is 2. The molecule has 0 fully saturated rings. The molecular weight excluding hydrogens is 271 g/mol. The van der Waals surface area contributed by atoms with Gasteiger partial charge in [0.2, 0.25) is 5.91 Å². The van der Waals surface area contributed by atoms with Gasteiger partial charge in [0.05, 0.1) is 5.56 Å². The summed E-state index contributed by atoms with van der Waals surface area (Å²) in [6.07, 6.45) is 1.83. The van der Waals surface area contributed by atoms with Crippen molar-refractivity contribution in [2.45, 2.75) is 33.1 Å². The molecule has 0 saturated carbocycles. The molecule has 0 aliphatic carbocycles. The van der Waals surface area contributed by atoms with Crippen LogP contribution < -0.4 is 10.6 Å². The van der Waals surface area contributed by atoms with Crippen molar-refractivity contribution in [2.75, 3.05) is 13.1 Å². The Bertz CT molecular complexity index is 475. The maximum absolute atomic E-state index is 13.4. The lowest BCUT2D eigenvalue weighted by molar-refractivity contribution is -0.121. The Balaban J connectivity index is 2.16. The van der Waals surface area contributed by atoms with Gasteiger partial charge in [0.15, 0.2) is 0 Å². The summed E-state index contributed by atoms with van der Waals surface area (Å²) in [5.41, 5.74) is 0.0483. The second kappa shape index (κ2) is 9.10. The average molecular weight is 294 g/mol. The zero-order chi connectivity index (χ0) is 15.7. The van der Waals surface area contributed by atoms with Crippen LogP contribution in [0.25, 0.3) is 0 Å². The van der Waals surface area contributed by atoms with Gasteiger partial charge in [0.25, 0.3) is 5.91 Å². The molecule has 0 saturated heterocycles. The third kappa shape index (κ3) is 6.88. The lowest BCUT2D eigenvalue weighted by Gasteiger charge is -2.08. The normalized spacial score (nSPS) is 10.5. The Kier molecular flexibility index (Phi) is 7.43. The predicted octanol–water partition coefficient (Wildman–Crippen LogP) is 2.50. The summed E-state index contributed by atoms with van der Waals surface area (Å²) < 4.78 is 13.4. The SMILES string of the molecule is CC(C)CNC(=O)CCCCNC(=O)c1ccccc1F. The quantitative estimate of drug-likeness (QED) is 0.724. The third-order valence-corrected chi connectivity index (χ3v) is 2.94. The van der Waals surface area contributed by atoms with Crippen LogP contribution in [0.5, 0.6) is 0 Å². The van der Waals surface area contributed by atoms with Crippen LogP contribution in [0.3, 0.4) is 0 Å². The molecule has 0 atom stereocenters. The molecule has 0 unspecified atom stereocenters. The van der Waals surface area contributed by atoms with E-state index in [0.717, 1.165) is 0 Å². The lowest BCUT2D eigenvalue weighted by atomic mass is 10.2. The number of unbranched alkanes of at least 4 members (excludes halogenated alkanes) is 1. The van der Waals surface area contributed by atoms with Crippen molar-refractivity contribution in [3.63, 3.8) is 0 Å². The second-order valence-corrected chi connectivity index (χ2v) is 5.39. The van der Waals surface area contributed by atoms with Crippen LogP contribution in [0, 0.1) is 11.7 Å². The number of carbonyl (C=O) groups excluding carboxylic acids is 2. The molecule has 1 aromatic carbocycles. The van der Waals surface area contributed by atoms with Gasteiger partial charge < -0.3 is 10.6 Å². The van der Waals surface area contributed by atoms with E-state index in [1.54, 1.807) is 12.1 Å². The van der Waals surface area contributed by atoms with Gasteiger partial charge in [-0.25, -0.2) is 4.39 Å². The van der Waals surface area contributed by atoms with Gasteiger partial charge >= 0.3 is 0 Å². The van der Waals surface area contributed by atoms with Crippen molar-refractivity contribution in [1.82, 2.24) is 10.6 Å². The molecule has 1 rings (SSSR count). The van der Waals surface area contributed by atoms with E-state index >= 15 is 0 Å². The molecule has 0 heterocycles. The Morgan fingerprint density at radius 3 is 2.52 bits per heavy atom. The highest BCUT2D eigenvalue weighted by Crippen LogP contribution is 2.05. The molecule has 0 bridgehead atoms. The molecular formula is C16H23FN2O2. The van der Waals surface area contributed by atoms with Crippen molar-refractivity contribution < 1.29 is 14.0 Å². The monoisotopic (exact) mass is 294 g/mol. The van der Waals surface area contributed by atoms with Gasteiger partial charge in [-0.1, -0.05) is 26.0 Å². The molecule has 2 amide bonds. The Morgan fingerprint density at radius 2 is 1.86 bits per heavy atom. The lowest BCUT2D eigenvalue weighted by Crippen LogP contribution is -2.28. The number of hydrogen-bond donors (Lipinski definition) is 2. The maximum atomic E-state index is 13.4. The minimum atomic E-state index is -0.525. The van der Waals surface area contributed by atoms with E-state index in [9.17, 15) is 14.0 Å². The molecule has 0 radical (unpaired) electrons. The Labute approximate surface area is 125 Å². The fourth-order valence-electron chi connectivity index (χ4n) is 1.76. The summed E-state index contributed by atoms with van der Waals surface area (Å²) in [4.78, 5) is 23.2. The van der Waals surface area contributed by atoms with E-state index in [4.69, 9.17) is 0 Å². The van der Waals surface area contributed by atoms with E-state index in [-0.39, 0.29) is 11.5 Å². The number of rotatable bonds is 8. The highest BCUT2D eigenvalue weighted by Gasteiger charge is 2.09. The summed E-state index contributed by atoms with van der Waals surface area (Å²) in [6.45, 7) is 5.20. The number of halogens is 1. The van der Waals surface area contributed by atoms with Crippen LogP contribution in [0.4, 0.5) is 4.39 Å². The number of amides is 2. The second-order valence-electron chi connectivity index (χ2n) is 5.39. The van der Waals surface area contributed by atoms with E-state index in [1.165, 1.54) is 12.1 Å². The largest absolute Gasteiger partial charge is 0.356 e.